The van der Waals surface area contributed by atoms with Crippen molar-refractivity contribution in [2.24, 2.45) is 0 Å². The summed E-state index contributed by atoms with van der Waals surface area (Å²) in [6.45, 7) is 2.38. The predicted molar refractivity (Wildman–Crippen MR) is 88.2 cm³/mol. The zero-order valence-electron chi connectivity index (χ0n) is 12.0. The Morgan fingerprint density at radius 2 is 1.48 bits per heavy atom. The van der Waals surface area contributed by atoms with E-state index in [-0.39, 0.29) is 11.6 Å². The molecule has 2 aromatic rings. The third kappa shape index (κ3) is 5.11. The molecular formula is C16H20N2O2S. The Kier molecular flexibility index (Phi) is 5.22. The van der Waals surface area contributed by atoms with E-state index in [0.29, 0.717) is 0 Å². The molecule has 0 amide bonds. The van der Waals surface area contributed by atoms with E-state index in [1.807, 2.05) is 54.6 Å². The fraction of sp³-hybridized carbons (Fsp3) is 0.250. The molecule has 4 nitrogen and oxygen atoms in total. The number of hydrogen-bond donors (Lipinski definition) is 2. The molecule has 0 saturated heterocycles. The summed E-state index contributed by atoms with van der Waals surface area (Å²) in [6.07, 6.45) is 0. The van der Waals surface area contributed by atoms with Gasteiger partial charge in [0.1, 0.15) is 5.88 Å². The van der Waals surface area contributed by atoms with Crippen molar-refractivity contribution in [3.05, 3.63) is 60.2 Å². The predicted octanol–water partition coefficient (Wildman–Crippen LogP) is 3.10. The van der Waals surface area contributed by atoms with E-state index < -0.39 is 9.84 Å². The fourth-order valence-corrected chi connectivity index (χ4v) is 2.39. The van der Waals surface area contributed by atoms with Gasteiger partial charge in [0, 0.05) is 23.7 Å². The Morgan fingerprint density at radius 3 is 2.10 bits per heavy atom. The van der Waals surface area contributed by atoms with Gasteiger partial charge >= 0.3 is 0 Å². The van der Waals surface area contributed by atoms with Gasteiger partial charge in [0.05, 0.1) is 0 Å². The van der Waals surface area contributed by atoms with Crippen LogP contribution in [0.15, 0.2) is 54.6 Å². The lowest BCUT2D eigenvalue weighted by molar-refractivity contribution is 0.599. The van der Waals surface area contributed by atoms with Crippen LogP contribution in [-0.4, -0.2) is 20.0 Å². The Bertz CT molecular complexity index is 652. The molecule has 0 aliphatic rings. The molecule has 2 rings (SSSR count). The topological polar surface area (TPSA) is 58.2 Å². The largest absolute Gasteiger partial charge is 0.381 e. The zero-order valence-corrected chi connectivity index (χ0v) is 12.9. The lowest BCUT2D eigenvalue weighted by Gasteiger charge is -2.09. The summed E-state index contributed by atoms with van der Waals surface area (Å²) >= 11 is 0. The van der Waals surface area contributed by atoms with Crippen LogP contribution in [-0.2, 0) is 16.4 Å². The Balaban J connectivity index is 1.87. The highest BCUT2D eigenvalue weighted by Gasteiger charge is 2.06. The number of rotatable bonds is 7. The van der Waals surface area contributed by atoms with Gasteiger partial charge in [-0.1, -0.05) is 37.3 Å². The average Bonchev–Trinajstić information content (AvgIpc) is 2.53. The second-order valence-electron chi connectivity index (χ2n) is 4.77. The summed E-state index contributed by atoms with van der Waals surface area (Å²) in [5, 5.41) is 6.26. The molecule has 5 heteroatoms. The van der Waals surface area contributed by atoms with Gasteiger partial charge in [-0.3, -0.25) is 0 Å². The van der Waals surface area contributed by atoms with Crippen LogP contribution >= 0.6 is 0 Å². The summed E-state index contributed by atoms with van der Waals surface area (Å²) in [5.41, 5.74) is 3.03. The molecule has 0 aromatic heterocycles. The molecule has 2 N–H and O–H groups in total. The molecule has 0 atom stereocenters. The van der Waals surface area contributed by atoms with Crippen molar-refractivity contribution >= 4 is 21.2 Å². The van der Waals surface area contributed by atoms with E-state index in [9.17, 15) is 8.42 Å². The summed E-state index contributed by atoms with van der Waals surface area (Å²) in [5.74, 6) is 0.129. The molecular weight excluding hydrogens is 284 g/mol. The van der Waals surface area contributed by atoms with E-state index in [4.69, 9.17) is 0 Å². The fourth-order valence-electron chi connectivity index (χ4n) is 1.80. The molecule has 0 saturated carbocycles. The summed E-state index contributed by atoms with van der Waals surface area (Å²) in [7, 11) is -3.00. The summed E-state index contributed by atoms with van der Waals surface area (Å²) < 4.78 is 22.9. The van der Waals surface area contributed by atoms with Gasteiger partial charge < -0.3 is 10.6 Å². The SMILES string of the molecule is CCS(=O)(=O)CNc1ccc(CNc2ccccc2)cc1. The lowest BCUT2D eigenvalue weighted by Crippen LogP contribution is -2.16. The van der Waals surface area contributed by atoms with Crippen molar-refractivity contribution in [1.82, 2.24) is 0 Å². The smallest absolute Gasteiger partial charge is 0.167 e. The quantitative estimate of drug-likeness (QED) is 0.825. The van der Waals surface area contributed by atoms with Crippen molar-refractivity contribution in [2.45, 2.75) is 13.5 Å². The average molecular weight is 304 g/mol. The minimum Gasteiger partial charge on any atom is -0.381 e. The second kappa shape index (κ2) is 7.13. The highest BCUT2D eigenvalue weighted by Crippen LogP contribution is 2.12. The van der Waals surface area contributed by atoms with Gasteiger partial charge in [0.15, 0.2) is 9.84 Å². The molecule has 112 valence electrons. The molecule has 2 aromatic carbocycles. The maximum atomic E-state index is 11.4. The van der Waals surface area contributed by atoms with Crippen LogP contribution in [0.25, 0.3) is 0 Å². The molecule has 0 unspecified atom stereocenters. The molecule has 0 spiro atoms. The third-order valence-electron chi connectivity index (χ3n) is 3.16. The van der Waals surface area contributed by atoms with Gasteiger partial charge in [-0.2, -0.15) is 0 Å². The highest BCUT2D eigenvalue weighted by molar-refractivity contribution is 7.91. The van der Waals surface area contributed by atoms with Crippen LogP contribution < -0.4 is 10.6 Å². The van der Waals surface area contributed by atoms with Gasteiger partial charge in [0.2, 0.25) is 0 Å². The number of para-hydroxylation sites is 1. The van der Waals surface area contributed by atoms with Crippen LogP contribution in [0.4, 0.5) is 11.4 Å². The van der Waals surface area contributed by atoms with Crippen molar-refractivity contribution in [1.29, 1.82) is 0 Å². The summed E-state index contributed by atoms with van der Waals surface area (Å²) in [4.78, 5) is 0. The van der Waals surface area contributed by atoms with Crippen LogP contribution in [0.2, 0.25) is 0 Å². The minimum absolute atomic E-state index is 0.0227. The first-order valence-corrected chi connectivity index (χ1v) is 8.73. The van der Waals surface area contributed by atoms with Gasteiger partial charge in [0.25, 0.3) is 0 Å². The zero-order chi connectivity index (χ0) is 15.1. The van der Waals surface area contributed by atoms with Crippen LogP contribution in [0.1, 0.15) is 12.5 Å². The molecule has 0 radical (unpaired) electrons. The first-order chi connectivity index (χ1) is 10.1. The number of hydrogen-bond acceptors (Lipinski definition) is 4. The van der Waals surface area contributed by atoms with E-state index in [1.165, 1.54) is 0 Å². The molecule has 0 fully saturated rings. The van der Waals surface area contributed by atoms with Crippen LogP contribution in [0.5, 0.6) is 0 Å². The maximum absolute atomic E-state index is 11.4. The normalized spacial score (nSPS) is 11.1. The van der Waals surface area contributed by atoms with Crippen molar-refractivity contribution in [3.63, 3.8) is 0 Å². The molecule has 0 bridgehead atoms. The van der Waals surface area contributed by atoms with Crippen LogP contribution in [0, 0.1) is 0 Å². The highest BCUT2D eigenvalue weighted by atomic mass is 32.2. The van der Waals surface area contributed by atoms with Crippen LogP contribution in [0.3, 0.4) is 0 Å². The maximum Gasteiger partial charge on any atom is 0.167 e. The lowest BCUT2D eigenvalue weighted by atomic mass is 10.2. The van der Waals surface area contributed by atoms with Crippen molar-refractivity contribution < 1.29 is 8.42 Å². The molecule has 21 heavy (non-hydrogen) atoms. The third-order valence-corrected chi connectivity index (χ3v) is 4.62. The van der Waals surface area contributed by atoms with Crippen molar-refractivity contribution in [3.8, 4) is 0 Å². The molecule has 0 aliphatic heterocycles. The Hall–Kier alpha value is -2.01. The van der Waals surface area contributed by atoms with E-state index in [1.54, 1.807) is 6.92 Å². The standard InChI is InChI=1S/C16H20N2O2S/c1-2-21(19,20)13-18-16-10-8-14(9-11-16)12-17-15-6-4-3-5-7-15/h3-11,17-18H,2,12-13H2,1H3. The molecule has 0 heterocycles. The van der Waals surface area contributed by atoms with E-state index in [0.717, 1.165) is 23.5 Å². The number of anilines is 2. The van der Waals surface area contributed by atoms with Gasteiger partial charge in [-0.25, -0.2) is 8.42 Å². The van der Waals surface area contributed by atoms with Crippen molar-refractivity contribution in [2.75, 3.05) is 22.3 Å². The van der Waals surface area contributed by atoms with E-state index >= 15 is 0 Å². The van der Waals surface area contributed by atoms with Gasteiger partial charge in [-0.05, 0) is 29.8 Å². The summed E-state index contributed by atoms with van der Waals surface area (Å²) in [6, 6.07) is 17.8. The number of nitrogens with one attached hydrogen (secondary N) is 2. The second-order valence-corrected chi connectivity index (χ2v) is 7.12. The number of benzene rings is 2. The first kappa shape index (κ1) is 15.4. The van der Waals surface area contributed by atoms with E-state index in [2.05, 4.69) is 10.6 Å². The Labute approximate surface area is 126 Å². The number of sulfone groups is 1. The minimum atomic E-state index is -3.00. The monoisotopic (exact) mass is 304 g/mol. The molecule has 0 aliphatic carbocycles. The first-order valence-electron chi connectivity index (χ1n) is 6.91. The Morgan fingerprint density at radius 1 is 0.857 bits per heavy atom. The van der Waals surface area contributed by atoms with Gasteiger partial charge in [-0.15, -0.1) is 0 Å².